The molecule has 5 heteroatoms. The number of hydrogen-bond donors (Lipinski definition) is 0. The van der Waals surface area contributed by atoms with E-state index in [1.807, 2.05) is 24.3 Å². The van der Waals surface area contributed by atoms with E-state index in [1.165, 1.54) is 0 Å². The second kappa shape index (κ2) is 13.0. The number of aromatic nitrogens is 4. The maximum atomic E-state index is 6.49. The normalized spacial score (nSPS) is 11.6. The number of para-hydroxylation sites is 3. The van der Waals surface area contributed by atoms with E-state index < -0.39 is 0 Å². The van der Waals surface area contributed by atoms with E-state index in [0.29, 0.717) is 17.6 Å². The third kappa shape index (κ3) is 5.37. The second-order valence-electron chi connectivity index (χ2n) is 14.0. The maximum Gasteiger partial charge on any atom is 0.238 e. The number of rotatable bonds is 6. The molecule has 0 unspecified atom stereocenters. The van der Waals surface area contributed by atoms with Gasteiger partial charge in [0.05, 0.1) is 11.0 Å². The minimum absolute atomic E-state index is 0.562. The molecular weight excluding hydrogens is 685 g/mol. The molecule has 5 nitrogen and oxygen atoms in total. The molecule has 0 spiro atoms. The summed E-state index contributed by atoms with van der Waals surface area (Å²) in [6, 6.07) is 67.4. The Morgan fingerprint density at radius 1 is 0.339 bits per heavy atom. The smallest absolute Gasteiger partial charge is 0.238 e. The number of hydrogen-bond acceptors (Lipinski definition) is 4. The van der Waals surface area contributed by atoms with Gasteiger partial charge in [0, 0.05) is 32.7 Å². The van der Waals surface area contributed by atoms with Gasteiger partial charge in [0.25, 0.3) is 0 Å². The van der Waals surface area contributed by atoms with Crippen LogP contribution in [0.4, 0.5) is 0 Å². The Balaban J connectivity index is 1.14. The molecule has 0 aliphatic heterocycles. The summed E-state index contributed by atoms with van der Waals surface area (Å²) in [6.45, 7) is 0. The van der Waals surface area contributed by atoms with Crippen molar-refractivity contribution >= 4 is 43.7 Å². The van der Waals surface area contributed by atoms with Crippen molar-refractivity contribution in [2.75, 3.05) is 0 Å². The predicted molar refractivity (Wildman–Crippen MR) is 229 cm³/mol. The van der Waals surface area contributed by atoms with Crippen LogP contribution in [0.25, 0.3) is 106 Å². The summed E-state index contributed by atoms with van der Waals surface area (Å²) >= 11 is 0. The molecule has 0 atom stereocenters. The van der Waals surface area contributed by atoms with Crippen molar-refractivity contribution in [2.45, 2.75) is 0 Å². The van der Waals surface area contributed by atoms with Gasteiger partial charge in [-0.05, 0) is 75.8 Å². The van der Waals surface area contributed by atoms with Crippen LogP contribution in [0, 0.1) is 0 Å². The third-order valence-electron chi connectivity index (χ3n) is 10.6. The molecule has 11 rings (SSSR count). The number of fused-ring (bicyclic) bond motifs is 6. The summed E-state index contributed by atoms with van der Waals surface area (Å²) in [5.41, 5.74) is 12.2. The summed E-state index contributed by atoms with van der Waals surface area (Å²) in [4.78, 5) is 15.7. The summed E-state index contributed by atoms with van der Waals surface area (Å²) in [5.74, 6) is 1.75. The lowest BCUT2D eigenvalue weighted by atomic mass is 9.93. The topological polar surface area (TPSA) is 56.7 Å². The quantitative estimate of drug-likeness (QED) is 0.172. The zero-order chi connectivity index (χ0) is 37.0. The van der Waals surface area contributed by atoms with E-state index in [0.717, 1.165) is 88.3 Å². The number of furan rings is 1. The minimum atomic E-state index is 0.562. The van der Waals surface area contributed by atoms with Crippen molar-refractivity contribution < 1.29 is 4.42 Å². The Morgan fingerprint density at radius 2 is 0.839 bits per heavy atom. The SMILES string of the molecule is c1ccc(-c2cccc(-c3nc(-c4cccc(-c5cc(-c6ccccc6)cc6oc7ccccc7c56)c4)nc(-n4c5ccccc5c5ccccc54)n3)c2)cc1. The zero-order valence-corrected chi connectivity index (χ0v) is 30.2. The van der Waals surface area contributed by atoms with Gasteiger partial charge in [0.1, 0.15) is 11.2 Å². The van der Waals surface area contributed by atoms with Gasteiger partial charge in [-0.15, -0.1) is 0 Å². The monoisotopic (exact) mass is 716 g/mol. The van der Waals surface area contributed by atoms with Crippen molar-refractivity contribution in [3.05, 3.63) is 194 Å². The van der Waals surface area contributed by atoms with Crippen LogP contribution < -0.4 is 0 Å². The van der Waals surface area contributed by atoms with Crippen LogP contribution in [0.2, 0.25) is 0 Å². The molecule has 3 aromatic heterocycles. The van der Waals surface area contributed by atoms with Crippen LogP contribution >= 0.6 is 0 Å². The third-order valence-corrected chi connectivity index (χ3v) is 10.6. The predicted octanol–water partition coefficient (Wildman–Crippen LogP) is 13.2. The molecule has 56 heavy (non-hydrogen) atoms. The van der Waals surface area contributed by atoms with Crippen molar-refractivity contribution in [2.24, 2.45) is 0 Å². The van der Waals surface area contributed by atoms with Gasteiger partial charge in [-0.25, -0.2) is 4.98 Å². The van der Waals surface area contributed by atoms with E-state index in [1.54, 1.807) is 0 Å². The van der Waals surface area contributed by atoms with Gasteiger partial charge in [0.15, 0.2) is 11.6 Å². The Labute approximate surface area is 322 Å². The average molecular weight is 717 g/mol. The first kappa shape index (κ1) is 31.9. The molecule has 0 radical (unpaired) electrons. The van der Waals surface area contributed by atoms with Crippen LogP contribution in [-0.4, -0.2) is 19.5 Å². The van der Waals surface area contributed by atoms with Crippen molar-refractivity contribution in [3.63, 3.8) is 0 Å². The first-order chi connectivity index (χ1) is 27.7. The molecule has 3 heterocycles. The zero-order valence-electron chi connectivity index (χ0n) is 30.2. The molecule has 262 valence electrons. The maximum absolute atomic E-state index is 6.49. The van der Waals surface area contributed by atoms with Gasteiger partial charge in [-0.3, -0.25) is 4.57 Å². The molecule has 0 bridgehead atoms. The molecule has 0 aliphatic rings. The fourth-order valence-electron chi connectivity index (χ4n) is 8.03. The van der Waals surface area contributed by atoms with Gasteiger partial charge in [0.2, 0.25) is 5.95 Å². The molecule has 8 aromatic carbocycles. The van der Waals surface area contributed by atoms with Crippen LogP contribution in [0.15, 0.2) is 199 Å². The molecule has 11 aromatic rings. The highest BCUT2D eigenvalue weighted by Gasteiger charge is 2.20. The van der Waals surface area contributed by atoms with Crippen molar-refractivity contribution in [1.82, 2.24) is 19.5 Å². The van der Waals surface area contributed by atoms with E-state index in [-0.39, 0.29) is 0 Å². The Kier molecular flexibility index (Phi) is 7.42. The summed E-state index contributed by atoms with van der Waals surface area (Å²) in [6.07, 6.45) is 0. The van der Waals surface area contributed by atoms with E-state index in [2.05, 4.69) is 174 Å². The van der Waals surface area contributed by atoms with Gasteiger partial charge >= 0.3 is 0 Å². The molecule has 0 saturated heterocycles. The van der Waals surface area contributed by atoms with Gasteiger partial charge < -0.3 is 4.42 Å². The molecular formula is C51H32N4O. The lowest BCUT2D eigenvalue weighted by Gasteiger charge is -2.13. The van der Waals surface area contributed by atoms with Crippen LogP contribution in [-0.2, 0) is 0 Å². The van der Waals surface area contributed by atoms with Crippen LogP contribution in [0.1, 0.15) is 0 Å². The Morgan fingerprint density at radius 3 is 1.50 bits per heavy atom. The first-order valence-electron chi connectivity index (χ1n) is 18.8. The summed E-state index contributed by atoms with van der Waals surface area (Å²) < 4.78 is 8.65. The largest absolute Gasteiger partial charge is 0.456 e. The lowest BCUT2D eigenvalue weighted by Crippen LogP contribution is -2.06. The summed E-state index contributed by atoms with van der Waals surface area (Å²) in [7, 11) is 0. The molecule has 0 saturated carbocycles. The molecule has 0 aliphatic carbocycles. The Bertz CT molecular complexity index is 3200. The van der Waals surface area contributed by atoms with Crippen molar-refractivity contribution in [1.29, 1.82) is 0 Å². The number of nitrogens with zero attached hydrogens (tertiary/aromatic N) is 4. The fraction of sp³-hybridized carbons (Fsp3) is 0. The highest BCUT2D eigenvalue weighted by molar-refractivity contribution is 6.14. The highest BCUT2D eigenvalue weighted by atomic mass is 16.3. The van der Waals surface area contributed by atoms with Gasteiger partial charge in [-0.2, -0.15) is 9.97 Å². The average Bonchev–Trinajstić information content (AvgIpc) is 3.83. The second-order valence-corrected chi connectivity index (χ2v) is 14.0. The molecule has 0 fully saturated rings. The minimum Gasteiger partial charge on any atom is -0.456 e. The first-order valence-corrected chi connectivity index (χ1v) is 18.8. The van der Waals surface area contributed by atoms with Crippen molar-refractivity contribution in [3.8, 4) is 62.1 Å². The number of benzene rings is 8. The fourth-order valence-corrected chi connectivity index (χ4v) is 8.03. The Hall–Kier alpha value is -7.63. The van der Waals surface area contributed by atoms with E-state index >= 15 is 0 Å². The van der Waals surface area contributed by atoms with Gasteiger partial charge in [-0.1, -0.05) is 152 Å². The van der Waals surface area contributed by atoms with Crippen LogP contribution in [0.3, 0.4) is 0 Å². The molecule has 0 amide bonds. The van der Waals surface area contributed by atoms with Crippen LogP contribution in [0.5, 0.6) is 0 Å². The van der Waals surface area contributed by atoms with E-state index in [4.69, 9.17) is 19.4 Å². The highest BCUT2D eigenvalue weighted by Crippen LogP contribution is 2.41. The van der Waals surface area contributed by atoms with E-state index in [9.17, 15) is 0 Å². The standard InChI is InChI=1S/C51H32N4O/c1-3-15-33(16-4-1)35-19-13-21-37(29-35)49-52-50(54-51(53-49)55-44-26-10-7-23-40(44)41-24-8-11-27-45(41)55)38-22-14-20-36(30-38)43-31-39(34-17-5-2-6-18-34)32-47-48(43)42-25-9-12-28-46(42)56-47/h1-32H. The lowest BCUT2D eigenvalue weighted by molar-refractivity contribution is 0.669. The summed E-state index contributed by atoms with van der Waals surface area (Å²) in [5, 5.41) is 4.46. The molecule has 0 N–H and O–H groups in total.